The molecule has 0 aliphatic carbocycles. The molecule has 0 aromatic heterocycles. The van der Waals surface area contributed by atoms with E-state index in [0.717, 1.165) is 19.3 Å². The summed E-state index contributed by atoms with van der Waals surface area (Å²) < 4.78 is 0. The maximum atomic E-state index is 11.8. The number of carbonyl (C=O) groups is 2. The van der Waals surface area contributed by atoms with Crippen molar-refractivity contribution >= 4 is 11.8 Å². The number of hydrogen-bond acceptors (Lipinski definition) is 4. The van der Waals surface area contributed by atoms with Crippen LogP contribution in [0.15, 0.2) is 0 Å². The molecule has 1 saturated heterocycles. The van der Waals surface area contributed by atoms with Crippen LogP contribution in [-0.2, 0) is 9.59 Å². The van der Waals surface area contributed by atoms with Crippen LogP contribution in [0.25, 0.3) is 0 Å². The Hall–Kier alpha value is -1.14. The average molecular weight is 242 g/mol. The lowest BCUT2D eigenvalue weighted by Crippen LogP contribution is -2.59. The highest BCUT2D eigenvalue weighted by Crippen LogP contribution is 2.23. The second-order valence-electron chi connectivity index (χ2n) is 4.85. The van der Waals surface area contributed by atoms with Gasteiger partial charge in [0.15, 0.2) is 0 Å². The van der Waals surface area contributed by atoms with Crippen LogP contribution in [0.2, 0.25) is 0 Å². The minimum atomic E-state index is -0.391. The molecule has 6 heteroatoms. The van der Waals surface area contributed by atoms with Gasteiger partial charge < -0.3 is 5.73 Å². The Kier molecular flexibility index (Phi) is 4.89. The Bertz CT molecular complexity index is 293. The zero-order valence-corrected chi connectivity index (χ0v) is 10.5. The molecule has 0 aromatic rings. The Morgan fingerprint density at radius 1 is 1.35 bits per heavy atom. The van der Waals surface area contributed by atoms with Gasteiger partial charge in [0, 0.05) is 0 Å². The predicted octanol–water partition coefficient (Wildman–Crippen LogP) is -0.659. The van der Waals surface area contributed by atoms with E-state index in [-0.39, 0.29) is 23.8 Å². The third-order valence-corrected chi connectivity index (χ3v) is 3.27. The van der Waals surface area contributed by atoms with Gasteiger partial charge in [-0.15, -0.1) is 0 Å². The van der Waals surface area contributed by atoms with E-state index in [4.69, 9.17) is 11.6 Å². The predicted molar refractivity (Wildman–Crippen MR) is 64.5 cm³/mol. The molecule has 2 amide bonds. The fourth-order valence-electron chi connectivity index (χ4n) is 2.51. The van der Waals surface area contributed by atoms with E-state index in [1.54, 1.807) is 0 Å². The molecule has 2 unspecified atom stereocenters. The van der Waals surface area contributed by atoms with Crippen LogP contribution >= 0.6 is 0 Å². The number of likely N-dealkylation sites (tertiary alicyclic amines) is 1. The molecule has 1 fully saturated rings. The minimum Gasteiger partial charge on any atom is -0.368 e. The van der Waals surface area contributed by atoms with Gasteiger partial charge in [-0.2, -0.15) is 0 Å². The van der Waals surface area contributed by atoms with E-state index >= 15 is 0 Å². The van der Waals surface area contributed by atoms with Crippen LogP contribution in [0.4, 0.5) is 0 Å². The lowest BCUT2D eigenvalue weighted by molar-refractivity contribution is -0.134. The second kappa shape index (κ2) is 5.97. The van der Waals surface area contributed by atoms with Crippen molar-refractivity contribution in [2.24, 2.45) is 17.5 Å². The van der Waals surface area contributed by atoms with Gasteiger partial charge in [-0.1, -0.05) is 20.3 Å². The number of piperidine rings is 1. The van der Waals surface area contributed by atoms with Gasteiger partial charge in [0.05, 0.1) is 12.1 Å². The van der Waals surface area contributed by atoms with Crippen molar-refractivity contribution in [2.75, 3.05) is 6.54 Å². The first-order chi connectivity index (χ1) is 7.99. The highest BCUT2D eigenvalue weighted by atomic mass is 16.2. The van der Waals surface area contributed by atoms with Crippen molar-refractivity contribution in [3.05, 3.63) is 0 Å². The standard InChI is InChI=1S/C11H22N4O2/c1-7(2)9(11(17)14-13)15-6-4-3-5-8(15)10(12)16/h7-9H,3-6,13H2,1-2H3,(H2,12,16)(H,14,17). The Labute approximate surface area is 102 Å². The van der Waals surface area contributed by atoms with Crippen LogP contribution in [0.1, 0.15) is 33.1 Å². The number of nitrogens with two attached hydrogens (primary N) is 2. The van der Waals surface area contributed by atoms with Gasteiger partial charge in [-0.3, -0.25) is 19.9 Å². The molecule has 1 aliphatic rings. The van der Waals surface area contributed by atoms with Crippen LogP contribution in [0.3, 0.4) is 0 Å². The maximum absolute atomic E-state index is 11.8. The fraction of sp³-hybridized carbons (Fsp3) is 0.818. The lowest BCUT2D eigenvalue weighted by Gasteiger charge is -2.40. The molecular formula is C11H22N4O2. The number of nitrogens with zero attached hydrogens (tertiary/aromatic N) is 1. The average Bonchev–Trinajstić information content (AvgIpc) is 2.29. The zero-order chi connectivity index (χ0) is 13.0. The van der Waals surface area contributed by atoms with E-state index in [9.17, 15) is 9.59 Å². The minimum absolute atomic E-state index is 0.0819. The van der Waals surface area contributed by atoms with Crippen LogP contribution < -0.4 is 17.0 Å². The molecule has 5 N–H and O–H groups in total. The molecular weight excluding hydrogens is 220 g/mol. The van der Waals surface area contributed by atoms with E-state index in [1.807, 2.05) is 18.7 Å². The maximum Gasteiger partial charge on any atom is 0.251 e. The summed E-state index contributed by atoms with van der Waals surface area (Å²) >= 11 is 0. The summed E-state index contributed by atoms with van der Waals surface area (Å²) in [6.07, 6.45) is 2.67. The molecule has 17 heavy (non-hydrogen) atoms. The number of hydrogen-bond donors (Lipinski definition) is 3. The fourth-order valence-corrected chi connectivity index (χ4v) is 2.51. The van der Waals surface area contributed by atoms with E-state index in [0.29, 0.717) is 6.54 Å². The number of nitrogens with one attached hydrogen (secondary N) is 1. The molecule has 1 heterocycles. The number of amides is 2. The topological polar surface area (TPSA) is 101 Å². The Morgan fingerprint density at radius 2 is 2.00 bits per heavy atom. The third-order valence-electron chi connectivity index (χ3n) is 3.27. The highest BCUT2D eigenvalue weighted by Gasteiger charge is 2.37. The summed E-state index contributed by atoms with van der Waals surface area (Å²) in [5.74, 6) is 4.66. The number of rotatable bonds is 4. The Morgan fingerprint density at radius 3 is 2.47 bits per heavy atom. The van der Waals surface area contributed by atoms with E-state index < -0.39 is 6.04 Å². The number of carbonyl (C=O) groups excluding carboxylic acids is 2. The molecule has 0 aromatic carbocycles. The molecule has 0 radical (unpaired) electrons. The zero-order valence-electron chi connectivity index (χ0n) is 10.5. The van der Waals surface area contributed by atoms with Crippen molar-refractivity contribution < 1.29 is 9.59 Å². The molecule has 0 saturated carbocycles. The molecule has 2 atom stereocenters. The van der Waals surface area contributed by atoms with Crippen molar-refractivity contribution in [3.8, 4) is 0 Å². The molecule has 1 rings (SSSR count). The van der Waals surface area contributed by atoms with Crippen molar-refractivity contribution in [1.29, 1.82) is 0 Å². The molecule has 0 bridgehead atoms. The van der Waals surface area contributed by atoms with Crippen molar-refractivity contribution in [2.45, 2.75) is 45.2 Å². The summed E-state index contributed by atoms with van der Waals surface area (Å²) in [6.45, 7) is 4.59. The molecule has 98 valence electrons. The van der Waals surface area contributed by atoms with Gasteiger partial charge in [0.25, 0.3) is 5.91 Å². The monoisotopic (exact) mass is 242 g/mol. The van der Waals surface area contributed by atoms with Crippen LogP contribution in [-0.4, -0.2) is 35.3 Å². The van der Waals surface area contributed by atoms with Gasteiger partial charge in [0.1, 0.15) is 0 Å². The largest absolute Gasteiger partial charge is 0.368 e. The first-order valence-electron chi connectivity index (χ1n) is 6.04. The summed E-state index contributed by atoms with van der Waals surface area (Å²) in [6, 6.07) is -0.744. The Balaban J connectivity index is 2.90. The van der Waals surface area contributed by atoms with Crippen LogP contribution in [0.5, 0.6) is 0 Å². The van der Waals surface area contributed by atoms with Gasteiger partial charge in [0.2, 0.25) is 5.91 Å². The number of primary amides is 1. The molecule has 1 aliphatic heterocycles. The van der Waals surface area contributed by atoms with Crippen molar-refractivity contribution in [1.82, 2.24) is 10.3 Å². The van der Waals surface area contributed by atoms with E-state index in [1.165, 1.54) is 0 Å². The smallest absolute Gasteiger partial charge is 0.251 e. The number of hydrazine groups is 1. The third kappa shape index (κ3) is 3.17. The summed E-state index contributed by atoms with van der Waals surface area (Å²) in [5, 5.41) is 0. The highest BCUT2D eigenvalue weighted by molar-refractivity contribution is 5.84. The quantitative estimate of drug-likeness (QED) is 0.346. The molecule has 6 nitrogen and oxygen atoms in total. The van der Waals surface area contributed by atoms with E-state index in [2.05, 4.69) is 5.43 Å². The first kappa shape index (κ1) is 13.9. The summed E-state index contributed by atoms with van der Waals surface area (Å²) in [5.41, 5.74) is 7.56. The van der Waals surface area contributed by atoms with Crippen LogP contribution in [0, 0.1) is 5.92 Å². The summed E-state index contributed by atoms with van der Waals surface area (Å²) in [7, 11) is 0. The van der Waals surface area contributed by atoms with Gasteiger partial charge in [-0.05, 0) is 25.3 Å². The van der Waals surface area contributed by atoms with Crippen molar-refractivity contribution in [3.63, 3.8) is 0 Å². The lowest BCUT2D eigenvalue weighted by atomic mass is 9.94. The van der Waals surface area contributed by atoms with Gasteiger partial charge >= 0.3 is 0 Å². The normalized spacial score (nSPS) is 23.4. The summed E-state index contributed by atoms with van der Waals surface area (Å²) in [4.78, 5) is 25.1. The second-order valence-corrected chi connectivity index (χ2v) is 4.85. The molecule has 0 spiro atoms. The first-order valence-corrected chi connectivity index (χ1v) is 6.04. The SMILES string of the molecule is CC(C)C(C(=O)NN)N1CCCCC1C(N)=O. The van der Waals surface area contributed by atoms with Gasteiger partial charge in [-0.25, -0.2) is 5.84 Å².